The SMILES string of the molecule is CCCCCCCCCCCCCCCCCCOC(=O)CC[C@H](N)C(=O)O.[NaH].[NaH]. The summed E-state index contributed by atoms with van der Waals surface area (Å²) in [7, 11) is 0. The van der Waals surface area contributed by atoms with E-state index in [1.54, 1.807) is 0 Å². The van der Waals surface area contributed by atoms with Gasteiger partial charge in [0.1, 0.15) is 6.04 Å². The predicted molar refractivity (Wildman–Crippen MR) is 130 cm³/mol. The fraction of sp³-hybridized carbons (Fsp3) is 0.913. The van der Waals surface area contributed by atoms with Crippen LogP contribution in [0.5, 0.6) is 0 Å². The molecule has 0 aromatic rings. The van der Waals surface area contributed by atoms with Crippen molar-refractivity contribution in [1.29, 1.82) is 0 Å². The molecule has 0 saturated heterocycles. The summed E-state index contributed by atoms with van der Waals surface area (Å²) in [6.07, 6.45) is 21.3. The normalized spacial score (nSPS) is 11.3. The van der Waals surface area contributed by atoms with Crippen molar-refractivity contribution in [2.75, 3.05) is 6.61 Å². The first-order valence-corrected chi connectivity index (χ1v) is 11.7. The van der Waals surface area contributed by atoms with Gasteiger partial charge in [0.25, 0.3) is 0 Å². The van der Waals surface area contributed by atoms with Crippen molar-refractivity contribution < 1.29 is 19.4 Å². The van der Waals surface area contributed by atoms with Crippen LogP contribution in [-0.4, -0.2) is 88.8 Å². The number of hydrogen-bond acceptors (Lipinski definition) is 4. The van der Waals surface area contributed by atoms with E-state index in [2.05, 4.69) is 6.92 Å². The second kappa shape index (κ2) is 27.9. The molecule has 0 aromatic heterocycles. The molecular formula is C23H47NNa2O4. The van der Waals surface area contributed by atoms with Crippen LogP contribution in [0.25, 0.3) is 0 Å². The Morgan fingerprint density at radius 3 is 1.47 bits per heavy atom. The van der Waals surface area contributed by atoms with Crippen LogP contribution < -0.4 is 5.73 Å². The maximum absolute atomic E-state index is 11.5. The molecule has 3 N–H and O–H groups in total. The standard InChI is InChI=1S/C23H45NO4.2Na.2H/c1-2-3-4-5-6-7-8-9-10-11-12-13-14-15-16-17-20-28-22(25)19-18-21(24)23(26)27;;;;/h21H,2-20,24H2,1H3,(H,26,27);;;;/t21-;;;;/m0..../s1. The van der Waals surface area contributed by atoms with Gasteiger partial charge in [0.15, 0.2) is 0 Å². The van der Waals surface area contributed by atoms with Gasteiger partial charge >= 0.3 is 71.1 Å². The summed E-state index contributed by atoms with van der Waals surface area (Å²) in [5.41, 5.74) is 5.35. The second-order valence-corrected chi connectivity index (χ2v) is 8.01. The van der Waals surface area contributed by atoms with Gasteiger partial charge in [-0.3, -0.25) is 9.59 Å². The number of nitrogens with two attached hydrogens (primary N) is 1. The molecule has 0 aliphatic heterocycles. The average molecular weight is 448 g/mol. The molecule has 170 valence electrons. The number of rotatable bonds is 21. The van der Waals surface area contributed by atoms with Crippen LogP contribution in [-0.2, 0) is 14.3 Å². The molecule has 0 spiro atoms. The minimum absolute atomic E-state index is 0. The molecule has 30 heavy (non-hydrogen) atoms. The molecule has 0 aromatic carbocycles. The summed E-state index contributed by atoms with van der Waals surface area (Å²) in [6.45, 7) is 2.70. The van der Waals surface area contributed by atoms with Crippen molar-refractivity contribution >= 4 is 71.1 Å². The molecule has 0 unspecified atom stereocenters. The summed E-state index contributed by atoms with van der Waals surface area (Å²) >= 11 is 0. The fourth-order valence-electron chi connectivity index (χ4n) is 3.31. The van der Waals surface area contributed by atoms with Crippen molar-refractivity contribution in [2.24, 2.45) is 5.73 Å². The zero-order chi connectivity index (χ0) is 20.9. The van der Waals surface area contributed by atoms with Gasteiger partial charge in [-0.25, -0.2) is 0 Å². The molecule has 0 fully saturated rings. The van der Waals surface area contributed by atoms with E-state index < -0.39 is 12.0 Å². The first-order chi connectivity index (χ1) is 13.6. The number of aliphatic carboxylic acids is 1. The number of unbranched alkanes of at least 4 members (excludes halogenated alkanes) is 15. The minimum atomic E-state index is -1.08. The van der Waals surface area contributed by atoms with Gasteiger partial charge in [-0.2, -0.15) is 0 Å². The van der Waals surface area contributed by atoms with Crippen molar-refractivity contribution in [1.82, 2.24) is 0 Å². The average Bonchev–Trinajstić information content (AvgIpc) is 2.68. The van der Waals surface area contributed by atoms with Crippen LogP contribution in [0.15, 0.2) is 0 Å². The second-order valence-electron chi connectivity index (χ2n) is 8.01. The van der Waals surface area contributed by atoms with E-state index in [-0.39, 0.29) is 77.9 Å². The maximum atomic E-state index is 11.5. The van der Waals surface area contributed by atoms with Crippen LogP contribution in [0.4, 0.5) is 0 Å². The summed E-state index contributed by atoms with van der Waals surface area (Å²) in [6, 6.07) is -0.983. The molecule has 0 amide bonds. The number of carbonyl (C=O) groups excluding carboxylic acids is 1. The van der Waals surface area contributed by atoms with Crippen molar-refractivity contribution in [2.45, 2.75) is 129 Å². The molecule has 0 saturated carbocycles. The number of hydrogen-bond donors (Lipinski definition) is 2. The Labute approximate surface area is 229 Å². The number of carbonyl (C=O) groups is 2. The molecular weight excluding hydrogens is 400 g/mol. The van der Waals surface area contributed by atoms with Crippen molar-refractivity contribution in [3.8, 4) is 0 Å². The third-order valence-corrected chi connectivity index (χ3v) is 5.24. The molecule has 0 rings (SSSR count). The van der Waals surface area contributed by atoms with Crippen LogP contribution in [0, 0.1) is 0 Å². The molecule has 0 aliphatic carbocycles. The summed E-state index contributed by atoms with van der Waals surface area (Å²) < 4.78 is 5.10. The van der Waals surface area contributed by atoms with Crippen molar-refractivity contribution in [3.05, 3.63) is 0 Å². The Kier molecular flexibility index (Phi) is 33.0. The zero-order valence-electron chi connectivity index (χ0n) is 18.3. The van der Waals surface area contributed by atoms with E-state index in [0.717, 1.165) is 12.8 Å². The summed E-state index contributed by atoms with van der Waals surface area (Å²) in [4.78, 5) is 22.0. The molecule has 1 atom stereocenters. The van der Waals surface area contributed by atoms with E-state index in [1.165, 1.54) is 89.9 Å². The molecule has 0 radical (unpaired) electrons. The van der Waals surface area contributed by atoms with Gasteiger partial charge in [-0.1, -0.05) is 103 Å². The third kappa shape index (κ3) is 26.9. The summed E-state index contributed by atoms with van der Waals surface area (Å²) in [5, 5.41) is 8.65. The first-order valence-electron chi connectivity index (χ1n) is 11.7. The quantitative estimate of drug-likeness (QED) is 0.151. The van der Waals surface area contributed by atoms with Gasteiger partial charge < -0.3 is 15.6 Å². The van der Waals surface area contributed by atoms with E-state index in [4.69, 9.17) is 15.6 Å². The van der Waals surface area contributed by atoms with Crippen LogP contribution in [0.2, 0.25) is 0 Å². The Balaban J connectivity index is -0.00000364. The van der Waals surface area contributed by atoms with Gasteiger partial charge in [0.2, 0.25) is 0 Å². The Morgan fingerprint density at radius 2 is 1.10 bits per heavy atom. The molecule has 7 heteroatoms. The molecule has 0 bridgehead atoms. The zero-order valence-corrected chi connectivity index (χ0v) is 18.3. The summed E-state index contributed by atoms with van der Waals surface area (Å²) in [5.74, 6) is -1.43. The van der Waals surface area contributed by atoms with Crippen LogP contribution >= 0.6 is 0 Å². The van der Waals surface area contributed by atoms with Gasteiger partial charge in [-0.15, -0.1) is 0 Å². The number of carboxylic acid groups (broad SMARTS) is 1. The molecule has 0 heterocycles. The Hall–Kier alpha value is 0.900. The predicted octanol–water partition coefficient (Wildman–Crippen LogP) is 4.69. The van der Waals surface area contributed by atoms with E-state index in [0.29, 0.717) is 6.61 Å². The number of esters is 1. The monoisotopic (exact) mass is 447 g/mol. The Bertz CT molecular complexity index is 384. The topological polar surface area (TPSA) is 89.6 Å². The van der Waals surface area contributed by atoms with Crippen LogP contribution in [0.3, 0.4) is 0 Å². The van der Waals surface area contributed by atoms with E-state index >= 15 is 0 Å². The Morgan fingerprint density at radius 1 is 0.733 bits per heavy atom. The fourth-order valence-corrected chi connectivity index (χ4v) is 3.31. The van der Waals surface area contributed by atoms with Crippen LogP contribution in [0.1, 0.15) is 122 Å². The van der Waals surface area contributed by atoms with Crippen molar-refractivity contribution in [3.63, 3.8) is 0 Å². The van der Waals surface area contributed by atoms with E-state index in [9.17, 15) is 9.59 Å². The number of carboxylic acids is 1. The first kappa shape index (κ1) is 35.5. The van der Waals surface area contributed by atoms with Gasteiger partial charge in [-0.05, 0) is 12.8 Å². The third-order valence-electron chi connectivity index (χ3n) is 5.24. The number of ether oxygens (including phenoxy) is 1. The van der Waals surface area contributed by atoms with Gasteiger partial charge in [0, 0.05) is 6.42 Å². The molecule has 5 nitrogen and oxygen atoms in total. The van der Waals surface area contributed by atoms with Gasteiger partial charge in [0.05, 0.1) is 6.61 Å². The van der Waals surface area contributed by atoms with E-state index in [1.807, 2.05) is 0 Å². The molecule has 0 aliphatic rings.